The molecular weight excluding hydrogens is 312 g/mol. The number of ketones is 1. The van der Waals surface area contributed by atoms with Gasteiger partial charge in [0.05, 0.1) is 0 Å². The van der Waals surface area contributed by atoms with Gasteiger partial charge in [0, 0.05) is 11.8 Å². The summed E-state index contributed by atoms with van der Waals surface area (Å²) < 4.78 is 6.12. The van der Waals surface area contributed by atoms with Crippen molar-refractivity contribution in [2.45, 2.75) is 75.0 Å². The standard InChI is InChI=1S/C12H22OSi.C9H14O/c1-8-9(2)11(4)12(10(8)3)13-14(5,6)7;1-5-6(2)8(4)9(10)7(5)3/h8H,1-7H3;5,7H,1-4H3. The van der Waals surface area contributed by atoms with Crippen LogP contribution in [0.3, 0.4) is 0 Å². The molecule has 0 aliphatic heterocycles. The highest BCUT2D eigenvalue weighted by molar-refractivity contribution is 6.70. The molecule has 0 bridgehead atoms. The maximum atomic E-state index is 11.3. The van der Waals surface area contributed by atoms with Crippen molar-refractivity contribution in [3.05, 3.63) is 33.6 Å². The molecule has 136 valence electrons. The van der Waals surface area contributed by atoms with Gasteiger partial charge >= 0.3 is 0 Å². The van der Waals surface area contributed by atoms with Gasteiger partial charge in [0.25, 0.3) is 0 Å². The molecule has 0 amide bonds. The fourth-order valence-electron chi connectivity index (χ4n) is 3.26. The van der Waals surface area contributed by atoms with E-state index in [0.29, 0.717) is 17.6 Å². The van der Waals surface area contributed by atoms with Crippen LogP contribution in [0.4, 0.5) is 0 Å². The summed E-state index contributed by atoms with van der Waals surface area (Å²) in [5, 5.41) is 0. The average Bonchev–Trinajstić information content (AvgIpc) is 2.77. The Hall–Kier alpha value is -1.09. The highest BCUT2D eigenvalue weighted by Crippen LogP contribution is 2.38. The molecule has 0 N–H and O–H groups in total. The van der Waals surface area contributed by atoms with Crippen LogP contribution in [0, 0.1) is 17.8 Å². The Balaban J connectivity index is 0.000000254. The van der Waals surface area contributed by atoms with Gasteiger partial charge in [-0.1, -0.05) is 31.9 Å². The lowest BCUT2D eigenvalue weighted by Gasteiger charge is -2.22. The molecule has 0 saturated heterocycles. The molecule has 0 radical (unpaired) electrons. The Morgan fingerprint density at radius 2 is 1.25 bits per heavy atom. The third-order valence-electron chi connectivity index (χ3n) is 5.81. The Bertz CT molecular complexity index is 614. The van der Waals surface area contributed by atoms with E-state index in [2.05, 4.69) is 61.2 Å². The lowest BCUT2D eigenvalue weighted by atomic mass is 9.95. The Labute approximate surface area is 150 Å². The van der Waals surface area contributed by atoms with E-state index in [0.717, 1.165) is 5.57 Å². The van der Waals surface area contributed by atoms with Crippen LogP contribution in [-0.2, 0) is 9.22 Å². The van der Waals surface area contributed by atoms with Gasteiger partial charge in [0.1, 0.15) is 5.76 Å². The lowest BCUT2D eigenvalue weighted by Crippen LogP contribution is -2.25. The van der Waals surface area contributed by atoms with E-state index >= 15 is 0 Å². The number of carbonyl (C=O) groups is 1. The molecule has 0 aromatic heterocycles. The number of allylic oxidation sites excluding steroid dienone is 5. The fraction of sp³-hybridized carbons (Fsp3) is 0.667. The summed E-state index contributed by atoms with van der Waals surface area (Å²) in [4.78, 5) is 11.3. The summed E-state index contributed by atoms with van der Waals surface area (Å²) in [5.74, 6) is 2.77. The van der Waals surface area contributed by atoms with Crippen LogP contribution in [0.2, 0.25) is 19.6 Å². The van der Waals surface area contributed by atoms with Gasteiger partial charge in [-0.15, -0.1) is 0 Å². The van der Waals surface area contributed by atoms with E-state index in [1.165, 1.54) is 28.1 Å². The van der Waals surface area contributed by atoms with Crippen molar-refractivity contribution in [1.82, 2.24) is 0 Å². The summed E-state index contributed by atoms with van der Waals surface area (Å²) >= 11 is 0. The van der Waals surface area contributed by atoms with Gasteiger partial charge in [-0.25, -0.2) is 0 Å². The largest absolute Gasteiger partial charge is 0.544 e. The Kier molecular flexibility index (Phi) is 6.48. The zero-order valence-corrected chi connectivity index (χ0v) is 18.5. The topological polar surface area (TPSA) is 26.3 Å². The van der Waals surface area contributed by atoms with Crippen molar-refractivity contribution in [2.75, 3.05) is 0 Å². The molecule has 0 saturated carbocycles. The molecule has 2 rings (SSSR count). The van der Waals surface area contributed by atoms with Crippen LogP contribution in [0.25, 0.3) is 0 Å². The van der Waals surface area contributed by atoms with E-state index in [1.54, 1.807) is 0 Å². The van der Waals surface area contributed by atoms with Crippen molar-refractivity contribution in [2.24, 2.45) is 17.8 Å². The molecule has 3 atom stereocenters. The molecule has 0 spiro atoms. The van der Waals surface area contributed by atoms with Crippen LogP contribution in [0.15, 0.2) is 33.6 Å². The van der Waals surface area contributed by atoms with Crippen molar-refractivity contribution in [3.63, 3.8) is 0 Å². The first-order valence-corrected chi connectivity index (χ1v) is 12.5. The smallest absolute Gasteiger partial charge is 0.242 e. The minimum absolute atomic E-state index is 0.222. The van der Waals surface area contributed by atoms with Gasteiger partial charge in [-0.3, -0.25) is 4.79 Å². The van der Waals surface area contributed by atoms with E-state index in [-0.39, 0.29) is 5.92 Å². The van der Waals surface area contributed by atoms with Crippen molar-refractivity contribution in [1.29, 1.82) is 0 Å². The number of hydrogen-bond acceptors (Lipinski definition) is 2. The van der Waals surface area contributed by atoms with Gasteiger partial charge in [-0.05, 0) is 76.9 Å². The second kappa shape index (κ2) is 7.43. The highest BCUT2D eigenvalue weighted by atomic mass is 28.4. The second-order valence-electron chi connectivity index (χ2n) is 8.51. The molecule has 2 aliphatic rings. The van der Waals surface area contributed by atoms with Crippen LogP contribution in [0.1, 0.15) is 55.4 Å². The maximum Gasteiger partial charge on any atom is 0.242 e. The SMILES string of the molecule is CC1=C(C)C(C)C(C)=C1O[Si](C)(C)C.CC1=C(C)C(C)C(C)C1=O. The summed E-state index contributed by atoms with van der Waals surface area (Å²) in [6, 6.07) is 0. The molecule has 24 heavy (non-hydrogen) atoms. The summed E-state index contributed by atoms with van der Waals surface area (Å²) in [7, 11) is -1.46. The van der Waals surface area contributed by atoms with E-state index in [1.807, 2.05) is 13.8 Å². The molecule has 0 aromatic carbocycles. The second-order valence-corrected chi connectivity index (χ2v) is 12.9. The molecule has 3 heteroatoms. The van der Waals surface area contributed by atoms with E-state index in [9.17, 15) is 4.79 Å². The first kappa shape index (κ1) is 21.0. The van der Waals surface area contributed by atoms with E-state index in [4.69, 9.17) is 4.43 Å². The molecule has 3 unspecified atom stereocenters. The Morgan fingerprint density at radius 1 is 0.750 bits per heavy atom. The monoisotopic (exact) mass is 348 g/mol. The molecule has 2 nitrogen and oxygen atoms in total. The molecule has 2 aliphatic carbocycles. The van der Waals surface area contributed by atoms with Gasteiger partial charge in [0.15, 0.2) is 5.78 Å². The molecular formula is C21H36O2Si. The van der Waals surface area contributed by atoms with E-state index < -0.39 is 8.32 Å². The first-order chi connectivity index (χ1) is 10.8. The zero-order chi connectivity index (χ0) is 19.0. The first-order valence-electron chi connectivity index (χ1n) is 9.08. The number of Topliss-reactive ketones (excluding diaryl/α,β-unsaturated/α-hetero) is 1. The predicted octanol–water partition coefficient (Wildman–Crippen LogP) is 6.28. The van der Waals surface area contributed by atoms with Crippen molar-refractivity contribution in [3.8, 4) is 0 Å². The van der Waals surface area contributed by atoms with Gasteiger partial charge in [-0.2, -0.15) is 0 Å². The number of rotatable bonds is 2. The predicted molar refractivity (Wildman–Crippen MR) is 106 cm³/mol. The summed E-state index contributed by atoms with van der Waals surface area (Å²) in [6.07, 6.45) is 0. The summed E-state index contributed by atoms with van der Waals surface area (Å²) in [5.41, 5.74) is 6.49. The van der Waals surface area contributed by atoms with Crippen LogP contribution in [0.5, 0.6) is 0 Å². The maximum absolute atomic E-state index is 11.3. The van der Waals surface area contributed by atoms with Gasteiger partial charge < -0.3 is 4.43 Å². The number of hydrogen-bond donors (Lipinski definition) is 0. The lowest BCUT2D eigenvalue weighted by molar-refractivity contribution is -0.118. The molecule has 0 aromatic rings. The Morgan fingerprint density at radius 3 is 1.46 bits per heavy atom. The molecule has 0 heterocycles. The third-order valence-corrected chi connectivity index (χ3v) is 6.62. The average molecular weight is 349 g/mol. The van der Waals surface area contributed by atoms with Crippen molar-refractivity contribution < 1.29 is 9.22 Å². The third kappa shape index (κ3) is 4.30. The minimum Gasteiger partial charge on any atom is -0.544 e. The van der Waals surface area contributed by atoms with Crippen LogP contribution >= 0.6 is 0 Å². The summed E-state index contributed by atoms with van der Waals surface area (Å²) in [6.45, 7) is 23.7. The number of carbonyl (C=O) groups excluding carboxylic acids is 1. The highest BCUT2D eigenvalue weighted by Gasteiger charge is 2.31. The van der Waals surface area contributed by atoms with Gasteiger partial charge in [0.2, 0.25) is 8.32 Å². The normalized spacial score (nSPS) is 27.8. The van der Waals surface area contributed by atoms with Crippen LogP contribution in [-0.4, -0.2) is 14.1 Å². The molecule has 0 fully saturated rings. The quantitative estimate of drug-likeness (QED) is 0.549. The zero-order valence-electron chi connectivity index (χ0n) is 17.5. The van der Waals surface area contributed by atoms with Crippen LogP contribution < -0.4 is 0 Å². The minimum atomic E-state index is -1.46. The fourth-order valence-corrected chi connectivity index (χ4v) is 4.19. The van der Waals surface area contributed by atoms with Crippen molar-refractivity contribution >= 4 is 14.1 Å².